The number of hydrogen-bond donors (Lipinski definition) is 0. The molecular weight excluding hydrogens is 201 g/mol. The summed E-state index contributed by atoms with van der Waals surface area (Å²) in [6.45, 7) is 5.58. The molecule has 0 amide bonds. The van der Waals surface area contributed by atoms with Crippen molar-refractivity contribution < 1.29 is 13.2 Å². The normalized spacial score (nSPS) is 33.2. The maximum Gasteiger partial charge on any atom is 0.416 e. The highest BCUT2D eigenvalue weighted by Gasteiger charge is 2.34. The standard InChI is InChI=1S/C12H17F3/c1-4-10(12(13,14)15)5-6-11-8(2)7-9(11)3/h4-6,8-9,11H,7H2,1-3H3/b6-5-,10-4+. The van der Waals surface area contributed by atoms with Crippen molar-refractivity contribution in [1.82, 2.24) is 0 Å². The van der Waals surface area contributed by atoms with Crippen molar-refractivity contribution in [2.75, 3.05) is 0 Å². The first-order chi connectivity index (χ1) is 6.86. The van der Waals surface area contributed by atoms with Crippen LogP contribution < -0.4 is 0 Å². The highest BCUT2D eigenvalue weighted by atomic mass is 19.4. The second kappa shape index (κ2) is 4.42. The van der Waals surface area contributed by atoms with Crippen LogP contribution in [0.5, 0.6) is 0 Å². The third kappa shape index (κ3) is 2.86. The number of halogens is 3. The summed E-state index contributed by atoms with van der Waals surface area (Å²) in [5, 5.41) is 0. The van der Waals surface area contributed by atoms with Crippen LogP contribution in [0.1, 0.15) is 27.2 Å². The van der Waals surface area contributed by atoms with Gasteiger partial charge in [-0.1, -0.05) is 32.1 Å². The van der Waals surface area contributed by atoms with Crippen molar-refractivity contribution >= 4 is 0 Å². The van der Waals surface area contributed by atoms with Gasteiger partial charge in [0.15, 0.2) is 0 Å². The molecule has 1 saturated carbocycles. The van der Waals surface area contributed by atoms with E-state index in [4.69, 9.17) is 0 Å². The first-order valence-corrected chi connectivity index (χ1v) is 5.28. The molecule has 0 aromatic heterocycles. The Bertz CT molecular complexity index is 265. The molecule has 2 unspecified atom stereocenters. The molecule has 1 aliphatic carbocycles. The van der Waals surface area contributed by atoms with E-state index in [2.05, 4.69) is 13.8 Å². The Morgan fingerprint density at radius 2 is 1.73 bits per heavy atom. The smallest absolute Gasteiger partial charge is 0.166 e. The van der Waals surface area contributed by atoms with Gasteiger partial charge in [0, 0.05) is 0 Å². The van der Waals surface area contributed by atoms with Crippen molar-refractivity contribution in [2.24, 2.45) is 17.8 Å². The molecule has 0 spiro atoms. The molecule has 0 aromatic carbocycles. The van der Waals surface area contributed by atoms with Crippen LogP contribution in [0.15, 0.2) is 23.8 Å². The van der Waals surface area contributed by atoms with Crippen molar-refractivity contribution in [3.8, 4) is 0 Å². The summed E-state index contributed by atoms with van der Waals surface area (Å²) in [6.07, 6.45) is 0.941. The maximum absolute atomic E-state index is 12.4. The summed E-state index contributed by atoms with van der Waals surface area (Å²) in [6, 6.07) is 0. The maximum atomic E-state index is 12.4. The van der Waals surface area contributed by atoms with Gasteiger partial charge in [0.05, 0.1) is 5.57 Å². The minimum Gasteiger partial charge on any atom is -0.166 e. The quantitative estimate of drug-likeness (QED) is 0.605. The van der Waals surface area contributed by atoms with Gasteiger partial charge in [-0.15, -0.1) is 0 Å². The number of hydrogen-bond acceptors (Lipinski definition) is 0. The predicted molar refractivity (Wildman–Crippen MR) is 55.4 cm³/mol. The fourth-order valence-electron chi connectivity index (χ4n) is 2.21. The van der Waals surface area contributed by atoms with E-state index in [1.807, 2.05) is 0 Å². The third-order valence-corrected chi connectivity index (χ3v) is 3.19. The second-order valence-corrected chi connectivity index (χ2v) is 4.37. The summed E-state index contributed by atoms with van der Waals surface area (Å²) in [5.41, 5.74) is -0.547. The lowest BCUT2D eigenvalue weighted by Crippen LogP contribution is -2.31. The van der Waals surface area contributed by atoms with Gasteiger partial charge in [-0.05, 0) is 31.1 Å². The Hall–Kier alpha value is -0.730. The molecule has 3 heteroatoms. The molecule has 0 bridgehead atoms. The Balaban J connectivity index is 2.64. The van der Waals surface area contributed by atoms with E-state index in [-0.39, 0.29) is 0 Å². The molecule has 86 valence electrons. The van der Waals surface area contributed by atoms with Gasteiger partial charge in [0.1, 0.15) is 0 Å². The van der Waals surface area contributed by atoms with Crippen molar-refractivity contribution in [3.63, 3.8) is 0 Å². The number of rotatable bonds is 2. The molecule has 1 fully saturated rings. The van der Waals surface area contributed by atoms with Crippen LogP contribution in [0.2, 0.25) is 0 Å². The minimum absolute atomic E-state index is 0.308. The monoisotopic (exact) mass is 218 g/mol. The van der Waals surface area contributed by atoms with Gasteiger partial charge in [0.2, 0.25) is 0 Å². The van der Waals surface area contributed by atoms with Crippen molar-refractivity contribution in [1.29, 1.82) is 0 Å². The average molecular weight is 218 g/mol. The lowest BCUT2D eigenvalue weighted by Gasteiger charge is -2.39. The van der Waals surface area contributed by atoms with E-state index in [1.165, 1.54) is 13.0 Å². The second-order valence-electron chi connectivity index (χ2n) is 4.37. The summed E-state index contributed by atoms with van der Waals surface area (Å²) in [7, 11) is 0. The van der Waals surface area contributed by atoms with Gasteiger partial charge in [-0.2, -0.15) is 13.2 Å². The van der Waals surface area contributed by atoms with Gasteiger partial charge in [-0.25, -0.2) is 0 Å². The summed E-state index contributed by atoms with van der Waals surface area (Å²) in [4.78, 5) is 0. The topological polar surface area (TPSA) is 0 Å². The van der Waals surface area contributed by atoms with E-state index >= 15 is 0 Å². The summed E-state index contributed by atoms with van der Waals surface area (Å²) >= 11 is 0. The van der Waals surface area contributed by atoms with Crippen LogP contribution in [-0.2, 0) is 0 Å². The number of allylic oxidation sites excluding steroid dienone is 4. The van der Waals surface area contributed by atoms with Crippen LogP contribution in [0.3, 0.4) is 0 Å². The fraction of sp³-hybridized carbons (Fsp3) is 0.667. The molecule has 0 N–H and O–H groups in total. The van der Waals surface area contributed by atoms with Crippen molar-refractivity contribution in [3.05, 3.63) is 23.8 Å². The van der Waals surface area contributed by atoms with E-state index in [0.29, 0.717) is 17.8 Å². The zero-order valence-corrected chi connectivity index (χ0v) is 9.31. The Labute approximate surface area is 88.9 Å². The van der Waals surface area contributed by atoms with Crippen LogP contribution >= 0.6 is 0 Å². The van der Waals surface area contributed by atoms with E-state index in [9.17, 15) is 13.2 Å². The van der Waals surface area contributed by atoms with Gasteiger partial charge in [0.25, 0.3) is 0 Å². The number of alkyl halides is 3. The molecule has 0 radical (unpaired) electrons. The summed E-state index contributed by atoms with van der Waals surface area (Å²) < 4.78 is 37.1. The molecular formula is C12H17F3. The van der Waals surface area contributed by atoms with E-state index < -0.39 is 11.7 Å². The third-order valence-electron chi connectivity index (χ3n) is 3.19. The highest BCUT2D eigenvalue weighted by Crippen LogP contribution is 2.41. The van der Waals surface area contributed by atoms with Gasteiger partial charge < -0.3 is 0 Å². The van der Waals surface area contributed by atoms with E-state index in [0.717, 1.165) is 12.5 Å². The summed E-state index contributed by atoms with van der Waals surface area (Å²) in [5.74, 6) is 1.34. The predicted octanol–water partition coefficient (Wildman–Crippen LogP) is 4.34. The van der Waals surface area contributed by atoms with Crippen LogP contribution in [0, 0.1) is 17.8 Å². The Morgan fingerprint density at radius 1 is 1.20 bits per heavy atom. The SMILES string of the molecule is C/C=C(\C=C/C1C(C)CC1C)C(F)(F)F. The molecule has 0 aliphatic heterocycles. The highest BCUT2D eigenvalue weighted by molar-refractivity contribution is 5.24. The lowest BCUT2D eigenvalue weighted by molar-refractivity contribution is -0.0884. The molecule has 0 nitrogen and oxygen atoms in total. The molecule has 2 atom stereocenters. The van der Waals surface area contributed by atoms with Crippen LogP contribution in [0.25, 0.3) is 0 Å². The van der Waals surface area contributed by atoms with Gasteiger partial charge in [-0.3, -0.25) is 0 Å². The Morgan fingerprint density at radius 3 is 2.07 bits per heavy atom. The molecule has 0 aromatic rings. The fourth-order valence-corrected chi connectivity index (χ4v) is 2.21. The molecule has 0 saturated heterocycles. The molecule has 1 rings (SSSR count). The van der Waals surface area contributed by atoms with E-state index in [1.54, 1.807) is 6.08 Å². The first kappa shape index (κ1) is 12.3. The average Bonchev–Trinajstić information content (AvgIpc) is 2.10. The van der Waals surface area contributed by atoms with Crippen LogP contribution in [-0.4, -0.2) is 6.18 Å². The lowest BCUT2D eigenvalue weighted by atomic mass is 9.66. The zero-order valence-electron chi connectivity index (χ0n) is 9.31. The Kier molecular flexibility index (Phi) is 3.63. The van der Waals surface area contributed by atoms with Gasteiger partial charge >= 0.3 is 6.18 Å². The molecule has 1 aliphatic rings. The molecule has 15 heavy (non-hydrogen) atoms. The zero-order chi connectivity index (χ0) is 11.6. The van der Waals surface area contributed by atoms with Crippen LogP contribution in [0.4, 0.5) is 13.2 Å². The largest absolute Gasteiger partial charge is 0.416 e. The first-order valence-electron chi connectivity index (χ1n) is 5.28. The van der Waals surface area contributed by atoms with Crippen molar-refractivity contribution in [2.45, 2.75) is 33.4 Å². The minimum atomic E-state index is -4.22. The molecule has 0 heterocycles.